The number of hydrogen-bond donors (Lipinski definition) is 1. The summed E-state index contributed by atoms with van der Waals surface area (Å²) in [7, 11) is -2.86. The first-order valence-corrected chi connectivity index (χ1v) is 9.32. The van der Waals surface area contributed by atoms with E-state index in [4.69, 9.17) is 0 Å². The first kappa shape index (κ1) is 14.0. The van der Waals surface area contributed by atoms with Crippen molar-refractivity contribution < 1.29 is 8.42 Å². The van der Waals surface area contributed by atoms with Gasteiger partial charge in [0.2, 0.25) is 0 Å². The monoisotopic (exact) mass is 287 g/mol. The van der Waals surface area contributed by atoms with E-state index in [1.807, 2.05) is 18.3 Å². The van der Waals surface area contributed by atoms with Crippen molar-refractivity contribution in [2.75, 3.05) is 18.1 Å². The van der Waals surface area contributed by atoms with Crippen molar-refractivity contribution in [1.82, 2.24) is 5.32 Å². The van der Waals surface area contributed by atoms with Gasteiger partial charge in [0.1, 0.15) is 0 Å². The third-order valence-electron chi connectivity index (χ3n) is 3.37. The largest absolute Gasteiger partial charge is 0.309 e. The molecule has 1 aliphatic carbocycles. The highest BCUT2D eigenvalue weighted by atomic mass is 32.2. The highest BCUT2D eigenvalue weighted by molar-refractivity contribution is 7.91. The van der Waals surface area contributed by atoms with E-state index in [0.29, 0.717) is 24.8 Å². The molecule has 2 rings (SSSR count). The number of fused-ring (bicyclic) bond motifs is 1. The van der Waals surface area contributed by atoms with Crippen LogP contribution in [0.5, 0.6) is 0 Å². The van der Waals surface area contributed by atoms with E-state index in [0.717, 1.165) is 6.42 Å². The Morgan fingerprint density at radius 2 is 2.28 bits per heavy atom. The third-order valence-corrected chi connectivity index (χ3v) is 6.22. The molecular formula is C13H21NO2S2. The Balaban J connectivity index is 1.86. The molecule has 0 bridgehead atoms. The molecule has 1 aromatic heterocycles. The summed E-state index contributed by atoms with van der Waals surface area (Å²) in [5.74, 6) is 0.569. The van der Waals surface area contributed by atoms with Gasteiger partial charge < -0.3 is 5.32 Å². The second-order valence-corrected chi connectivity index (χ2v) is 8.15. The van der Waals surface area contributed by atoms with E-state index in [1.165, 1.54) is 23.3 Å². The summed E-state index contributed by atoms with van der Waals surface area (Å²) in [6.45, 7) is 2.48. The van der Waals surface area contributed by atoms with Gasteiger partial charge in [0, 0.05) is 23.2 Å². The average Bonchev–Trinajstić information content (AvgIpc) is 2.77. The molecule has 0 aliphatic heterocycles. The van der Waals surface area contributed by atoms with Crippen LogP contribution < -0.4 is 5.32 Å². The van der Waals surface area contributed by atoms with E-state index >= 15 is 0 Å². The first-order chi connectivity index (χ1) is 8.62. The summed E-state index contributed by atoms with van der Waals surface area (Å²) in [4.78, 5) is 1.47. The minimum Gasteiger partial charge on any atom is -0.309 e. The molecule has 1 unspecified atom stereocenters. The normalized spacial score (nSPS) is 19.7. The summed E-state index contributed by atoms with van der Waals surface area (Å²) >= 11 is 1.82. The zero-order valence-corrected chi connectivity index (χ0v) is 12.4. The van der Waals surface area contributed by atoms with Gasteiger partial charge in [-0.05, 0) is 42.7 Å². The van der Waals surface area contributed by atoms with E-state index in [9.17, 15) is 8.42 Å². The minimum absolute atomic E-state index is 0.261. The van der Waals surface area contributed by atoms with Crippen molar-refractivity contribution in [3.63, 3.8) is 0 Å². The number of hydrogen-bond acceptors (Lipinski definition) is 4. The fourth-order valence-corrected chi connectivity index (χ4v) is 4.74. The Hall–Kier alpha value is -0.390. The zero-order chi connectivity index (χ0) is 13.0. The van der Waals surface area contributed by atoms with Gasteiger partial charge in [-0.1, -0.05) is 6.92 Å². The standard InChI is InChI=1S/C13H21NO2S2/c1-2-9-18(15,16)10-7-14-12-4-3-5-13-11(12)6-8-17-13/h6,8,12,14H,2-5,7,9-10H2,1H3. The van der Waals surface area contributed by atoms with Gasteiger partial charge in [-0.3, -0.25) is 0 Å². The fraction of sp³-hybridized carbons (Fsp3) is 0.692. The van der Waals surface area contributed by atoms with Crippen molar-refractivity contribution in [3.8, 4) is 0 Å². The highest BCUT2D eigenvalue weighted by Gasteiger charge is 2.21. The van der Waals surface area contributed by atoms with Crippen LogP contribution in [-0.2, 0) is 16.3 Å². The Labute approximate surface area is 114 Å². The van der Waals surface area contributed by atoms with Crippen molar-refractivity contribution in [3.05, 3.63) is 21.9 Å². The summed E-state index contributed by atoms with van der Waals surface area (Å²) < 4.78 is 23.3. The predicted molar refractivity (Wildman–Crippen MR) is 76.9 cm³/mol. The molecule has 102 valence electrons. The summed E-state index contributed by atoms with van der Waals surface area (Å²) in [6, 6.07) is 2.54. The molecule has 1 atom stereocenters. The molecule has 0 amide bonds. The lowest BCUT2D eigenvalue weighted by molar-refractivity contribution is 0.475. The van der Waals surface area contributed by atoms with Crippen molar-refractivity contribution in [1.29, 1.82) is 0 Å². The Kier molecular flexibility index (Phi) is 4.81. The number of rotatable bonds is 6. The maximum absolute atomic E-state index is 11.6. The molecule has 18 heavy (non-hydrogen) atoms. The maximum atomic E-state index is 11.6. The molecule has 1 aliphatic rings. The smallest absolute Gasteiger partial charge is 0.151 e. The second kappa shape index (κ2) is 6.17. The SMILES string of the molecule is CCCS(=O)(=O)CCNC1CCCc2sccc21. The topological polar surface area (TPSA) is 46.2 Å². The Morgan fingerprint density at radius 1 is 1.44 bits per heavy atom. The maximum Gasteiger partial charge on any atom is 0.151 e. The van der Waals surface area contributed by atoms with Crippen LogP contribution >= 0.6 is 11.3 Å². The van der Waals surface area contributed by atoms with E-state index in [1.54, 1.807) is 0 Å². The molecule has 5 heteroatoms. The molecule has 1 aromatic rings. The van der Waals surface area contributed by atoms with Gasteiger partial charge in [0.05, 0.1) is 5.75 Å². The van der Waals surface area contributed by atoms with Gasteiger partial charge in [-0.2, -0.15) is 0 Å². The molecule has 0 aromatic carbocycles. The molecule has 0 fully saturated rings. The van der Waals surface area contributed by atoms with E-state index in [2.05, 4.69) is 16.8 Å². The van der Waals surface area contributed by atoms with Crippen LogP contribution in [0.4, 0.5) is 0 Å². The number of thiophene rings is 1. The highest BCUT2D eigenvalue weighted by Crippen LogP contribution is 2.32. The molecule has 0 saturated carbocycles. The summed E-state index contributed by atoms with van der Waals surface area (Å²) in [5.41, 5.74) is 1.39. The van der Waals surface area contributed by atoms with Crippen molar-refractivity contribution in [2.45, 2.75) is 38.6 Å². The lowest BCUT2D eigenvalue weighted by Gasteiger charge is -2.23. The third kappa shape index (κ3) is 3.56. The fourth-order valence-electron chi connectivity index (χ4n) is 2.50. The van der Waals surface area contributed by atoms with Crippen LogP contribution in [0.1, 0.15) is 42.7 Å². The predicted octanol–water partition coefficient (Wildman–Crippen LogP) is 2.54. The molecule has 1 heterocycles. The Morgan fingerprint density at radius 3 is 3.06 bits per heavy atom. The van der Waals surface area contributed by atoms with Crippen LogP contribution in [0.15, 0.2) is 11.4 Å². The van der Waals surface area contributed by atoms with E-state index < -0.39 is 9.84 Å². The second-order valence-electron chi connectivity index (χ2n) is 4.85. The summed E-state index contributed by atoms with van der Waals surface area (Å²) in [5, 5.41) is 5.54. The van der Waals surface area contributed by atoms with Gasteiger partial charge in [0.15, 0.2) is 9.84 Å². The number of aryl methyl sites for hydroxylation is 1. The minimum atomic E-state index is -2.86. The van der Waals surface area contributed by atoms with Crippen LogP contribution in [0, 0.1) is 0 Å². The van der Waals surface area contributed by atoms with Gasteiger partial charge in [-0.25, -0.2) is 8.42 Å². The van der Waals surface area contributed by atoms with Gasteiger partial charge >= 0.3 is 0 Å². The van der Waals surface area contributed by atoms with Crippen molar-refractivity contribution in [2.24, 2.45) is 0 Å². The van der Waals surface area contributed by atoms with Gasteiger partial charge in [0.25, 0.3) is 0 Å². The van der Waals surface area contributed by atoms with E-state index in [-0.39, 0.29) is 5.75 Å². The molecule has 0 radical (unpaired) electrons. The van der Waals surface area contributed by atoms with Crippen LogP contribution in [0.2, 0.25) is 0 Å². The lowest BCUT2D eigenvalue weighted by atomic mass is 9.94. The van der Waals surface area contributed by atoms with Crippen LogP contribution in [0.25, 0.3) is 0 Å². The molecule has 0 spiro atoms. The number of sulfone groups is 1. The molecule has 1 N–H and O–H groups in total. The lowest BCUT2D eigenvalue weighted by Crippen LogP contribution is -2.29. The zero-order valence-electron chi connectivity index (χ0n) is 10.8. The summed E-state index contributed by atoms with van der Waals surface area (Å²) in [6.07, 6.45) is 4.21. The molecule has 3 nitrogen and oxygen atoms in total. The van der Waals surface area contributed by atoms with Gasteiger partial charge in [-0.15, -0.1) is 11.3 Å². The average molecular weight is 287 g/mol. The number of nitrogens with one attached hydrogen (secondary N) is 1. The molecular weight excluding hydrogens is 266 g/mol. The van der Waals surface area contributed by atoms with Crippen LogP contribution in [0.3, 0.4) is 0 Å². The first-order valence-electron chi connectivity index (χ1n) is 6.62. The van der Waals surface area contributed by atoms with Crippen LogP contribution in [-0.4, -0.2) is 26.5 Å². The molecule has 0 saturated heterocycles. The Bertz CT molecular complexity index is 479. The van der Waals surface area contributed by atoms with Crippen molar-refractivity contribution >= 4 is 21.2 Å². The quantitative estimate of drug-likeness (QED) is 0.874.